The van der Waals surface area contributed by atoms with Gasteiger partial charge < -0.3 is 5.32 Å². The smallest absolute Gasteiger partial charge is 0.0417 e. The van der Waals surface area contributed by atoms with Gasteiger partial charge >= 0.3 is 0 Å². The van der Waals surface area contributed by atoms with Gasteiger partial charge in [0.2, 0.25) is 0 Å². The van der Waals surface area contributed by atoms with E-state index in [1.54, 1.807) is 0 Å². The molecule has 19 heavy (non-hydrogen) atoms. The van der Waals surface area contributed by atoms with E-state index in [-0.39, 0.29) is 0 Å². The molecule has 1 aromatic heterocycles. The Hall–Kier alpha value is -0.380. The van der Waals surface area contributed by atoms with E-state index in [9.17, 15) is 0 Å². The molecule has 0 bridgehead atoms. The lowest BCUT2D eigenvalue weighted by Gasteiger charge is -2.48. The molecule has 3 rings (SSSR count). The van der Waals surface area contributed by atoms with Crippen molar-refractivity contribution in [1.29, 1.82) is 0 Å². The zero-order valence-electron chi connectivity index (χ0n) is 12.2. The number of hydrogen-bond acceptors (Lipinski definition) is 3. The van der Waals surface area contributed by atoms with Crippen molar-refractivity contribution in [2.45, 2.75) is 63.6 Å². The van der Waals surface area contributed by atoms with Crippen molar-refractivity contribution in [3.8, 4) is 0 Å². The summed E-state index contributed by atoms with van der Waals surface area (Å²) in [5, 5.41) is 6.10. The van der Waals surface area contributed by atoms with Crippen molar-refractivity contribution in [2.24, 2.45) is 0 Å². The highest BCUT2D eigenvalue weighted by Gasteiger charge is 2.42. The van der Waals surface area contributed by atoms with Crippen LogP contribution in [0.2, 0.25) is 0 Å². The first-order valence-corrected chi connectivity index (χ1v) is 8.66. The minimum Gasteiger partial charge on any atom is -0.308 e. The van der Waals surface area contributed by atoms with Crippen LogP contribution in [0.15, 0.2) is 17.5 Å². The van der Waals surface area contributed by atoms with E-state index in [0.717, 1.165) is 0 Å². The van der Waals surface area contributed by atoms with E-state index in [0.29, 0.717) is 17.6 Å². The zero-order chi connectivity index (χ0) is 13.3. The van der Waals surface area contributed by atoms with E-state index in [1.165, 1.54) is 50.1 Å². The van der Waals surface area contributed by atoms with Crippen LogP contribution in [0.25, 0.3) is 0 Å². The Morgan fingerprint density at radius 3 is 2.89 bits per heavy atom. The maximum Gasteiger partial charge on any atom is 0.0417 e. The van der Waals surface area contributed by atoms with Crippen molar-refractivity contribution in [3.05, 3.63) is 22.4 Å². The molecule has 1 aliphatic carbocycles. The number of rotatable bonds is 3. The summed E-state index contributed by atoms with van der Waals surface area (Å²) >= 11 is 1.91. The lowest BCUT2D eigenvalue weighted by Crippen LogP contribution is -2.63. The Bertz CT molecular complexity index is 395. The Balaban J connectivity index is 1.79. The number of hydrogen-bond donors (Lipinski definition) is 1. The second-order valence-electron chi connectivity index (χ2n) is 6.29. The molecule has 1 N–H and O–H groups in total. The molecule has 1 aromatic rings. The standard InChI is InChI=1S/C16H26N2S/c1-3-14-11-17-16(8-4-5-9-16)12-18(14)13(2)15-7-6-10-19-15/h6-7,10,13-14,17H,3-5,8-9,11-12H2,1-2H3. The third kappa shape index (κ3) is 2.61. The van der Waals surface area contributed by atoms with Crippen LogP contribution >= 0.6 is 11.3 Å². The third-order valence-electron chi connectivity index (χ3n) is 5.15. The molecule has 106 valence electrons. The van der Waals surface area contributed by atoms with E-state index in [1.807, 2.05) is 11.3 Å². The summed E-state index contributed by atoms with van der Waals surface area (Å²) in [7, 11) is 0. The molecule has 1 spiro atoms. The molecule has 1 saturated heterocycles. The van der Waals surface area contributed by atoms with Gasteiger partial charge in [0, 0.05) is 35.6 Å². The highest BCUT2D eigenvalue weighted by Crippen LogP contribution is 2.37. The molecule has 1 aliphatic heterocycles. The van der Waals surface area contributed by atoms with E-state index in [4.69, 9.17) is 0 Å². The fourth-order valence-corrected chi connectivity index (χ4v) is 4.70. The molecule has 0 aromatic carbocycles. The Morgan fingerprint density at radius 1 is 1.47 bits per heavy atom. The van der Waals surface area contributed by atoms with Crippen LogP contribution in [0.3, 0.4) is 0 Å². The lowest BCUT2D eigenvalue weighted by atomic mass is 9.90. The zero-order valence-corrected chi connectivity index (χ0v) is 13.0. The second kappa shape index (κ2) is 5.55. The maximum absolute atomic E-state index is 3.89. The van der Waals surface area contributed by atoms with E-state index >= 15 is 0 Å². The topological polar surface area (TPSA) is 15.3 Å². The van der Waals surface area contributed by atoms with Gasteiger partial charge in [-0.25, -0.2) is 0 Å². The van der Waals surface area contributed by atoms with Crippen molar-refractivity contribution >= 4 is 11.3 Å². The first kappa shape index (κ1) is 13.6. The first-order chi connectivity index (χ1) is 9.24. The molecular formula is C16H26N2S. The van der Waals surface area contributed by atoms with E-state index < -0.39 is 0 Å². The Labute approximate surface area is 121 Å². The fourth-order valence-electron chi connectivity index (χ4n) is 3.90. The normalized spacial score (nSPS) is 28.8. The number of thiophene rings is 1. The molecular weight excluding hydrogens is 252 g/mol. The lowest BCUT2D eigenvalue weighted by molar-refractivity contribution is 0.0474. The van der Waals surface area contributed by atoms with Crippen LogP contribution in [0, 0.1) is 0 Å². The Morgan fingerprint density at radius 2 is 2.26 bits per heavy atom. The molecule has 2 aliphatic rings. The minimum absolute atomic E-state index is 0.428. The van der Waals surface area contributed by atoms with Crippen LogP contribution in [-0.4, -0.2) is 29.6 Å². The van der Waals surface area contributed by atoms with Gasteiger partial charge in [0.1, 0.15) is 0 Å². The Kier molecular flexibility index (Phi) is 3.97. The fraction of sp³-hybridized carbons (Fsp3) is 0.750. The maximum atomic E-state index is 3.89. The molecule has 2 nitrogen and oxygen atoms in total. The molecule has 0 amide bonds. The molecule has 2 atom stereocenters. The largest absolute Gasteiger partial charge is 0.308 e. The highest BCUT2D eigenvalue weighted by molar-refractivity contribution is 7.10. The number of nitrogens with one attached hydrogen (secondary N) is 1. The van der Waals surface area contributed by atoms with E-state index in [2.05, 4.69) is 41.6 Å². The van der Waals surface area contributed by atoms with Gasteiger partial charge in [0.25, 0.3) is 0 Å². The summed E-state index contributed by atoms with van der Waals surface area (Å²) in [5.74, 6) is 0. The molecule has 0 radical (unpaired) electrons. The van der Waals surface area contributed by atoms with Crippen molar-refractivity contribution < 1.29 is 0 Å². The van der Waals surface area contributed by atoms with Gasteiger partial charge in [-0.05, 0) is 37.6 Å². The van der Waals surface area contributed by atoms with Gasteiger partial charge in [0.05, 0.1) is 0 Å². The van der Waals surface area contributed by atoms with Crippen LogP contribution in [-0.2, 0) is 0 Å². The van der Waals surface area contributed by atoms with Gasteiger partial charge in [-0.2, -0.15) is 0 Å². The van der Waals surface area contributed by atoms with Crippen molar-refractivity contribution in [1.82, 2.24) is 10.2 Å². The van der Waals surface area contributed by atoms with Crippen LogP contribution < -0.4 is 5.32 Å². The summed E-state index contributed by atoms with van der Waals surface area (Å²) in [6, 6.07) is 5.75. The van der Waals surface area contributed by atoms with Crippen LogP contribution in [0.4, 0.5) is 0 Å². The SMILES string of the molecule is CCC1CNC2(CCCC2)CN1C(C)c1cccs1. The van der Waals surface area contributed by atoms with Crippen molar-refractivity contribution in [2.75, 3.05) is 13.1 Å². The monoisotopic (exact) mass is 278 g/mol. The summed E-state index contributed by atoms with van der Waals surface area (Å²) in [6.07, 6.45) is 6.81. The molecule has 1 saturated carbocycles. The average Bonchev–Trinajstić information content (AvgIpc) is 3.10. The van der Waals surface area contributed by atoms with Gasteiger partial charge in [-0.3, -0.25) is 4.90 Å². The molecule has 2 fully saturated rings. The van der Waals surface area contributed by atoms with Gasteiger partial charge in [0.15, 0.2) is 0 Å². The third-order valence-corrected chi connectivity index (χ3v) is 6.19. The average molecular weight is 278 g/mol. The summed E-state index contributed by atoms with van der Waals surface area (Å²) in [5.41, 5.74) is 0.428. The number of piperazine rings is 1. The second-order valence-corrected chi connectivity index (χ2v) is 7.27. The van der Waals surface area contributed by atoms with Gasteiger partial charge in [-0.1, -0.05) is 25.8 Å². The van der Waals surface area contributed by atoms with Crippen LogP contribution in [0.1, 0.15) is 56.9 Å². The molecule has 3 heteroatoms. The predicted octanol–water partition coefficient (Wildman–Crippen LogP) is 3.81. The minimum atomic E-state index is 0.428. The predicted molar refractivity (Wildman–Crippen MR) is 82.7 cm³/mol. The first-order valence-electron chi connectivity index (χ1n) is 7.78. The summed E-state index contributed by atoms with van der Waals surface area (Å²) in [6.45, 7) is 7.13. The summed E-state index contributed by atoms with van der Waals surface area (Å²) in [4.78, 5) is 4.29. The molecule has 2 unspecified atom stereocenters. The van der Waals surface area contributed by atoms with Crippen molar-refractivity contribution in [3.63, 3.8) is 0 Å². The van der Waals surface area contributed by atoms with Gasteiger partial charge in [-0.15, -0.1) is 11.3 Å². The number of nitrogens with zero attached hydrogens (tertiary/aromatic N) is 1. The quantitative estimate of drug-likeness (QED) is 0.904. The highest BCUT2D eigenvalue weighted by atomic mass is 32.1. The summed E-state index contributed by atoms with van der Waals surface area (Å²) < 4.78 is 0. The molecule has 2 heterocycles. The van der Waals surface area contributed by atoms with Crippen LogP contribution in [0.5, 0.6) is 0 Å².